The number of hydrogen-bond acceptors (Lipinski definition) is 1. The van der Waals surface area contributed by atoms with E-state index in [1.54, 1.807) is 0 Å². The predicted molar refractivity (Wildman–Crippen MR) is 58.9 cm³/mol. The van der Waals surface area contributed by atoms with E-state index in [9.17, 15) is 0 Å². The van der Waals surface area contributed by atoms with Gasteiger partial charge >= 0.3 is 0 Å². The van der Waals surface area contributed by atoms with E-state index < -0.39 is 0 Å². The van der Waals surface area contributed by atoms with Gasteiger partial charge in [-0.05, 0) is 23.8 Å². The second-order valence-corrected chi connectivity index (χ2v) is 3.42. The summed E-state index contributed by atoms with van der Waals surface area (Å²) in [6, 6.07) is 11.8. The van der Waals surface area contributed by atoms with Crippen molar-refractivity contribution < 1.29 is 0 Å². The first-order valence-electron chi connectivity index (χ1n) is 4.46. The summed E-state index contributed by atoms with van der Waals surface area (Å²) < 4.78 is 1.91. The van der Waals surface area contributed by atoms with E-state index in [2.05, 4.69) is 5.43 Å². The zero-order valence-corrected chi connectivity index (χ0v) is 8.41. The Kier molecular flexibility index (Phi) is 2.75. The van der Waals surface area contributed by atoms with Gasteiger partial charge in [-0.15, -0.1) is 0 Å². The van der Waals surface area contributed by atoms with E-state index in [0.717, 1.165) is 17.1 Å². The van der Waals surface area contributed by atoms with Crippen LogP contribution in [0.2, 0.25) is 5.02 Å². The van der Waals surface area contributed by atoms with Crippen molar-refractivity contribution in [3.63, 3.8) is 0 Å². The van der Waals surface area contributed by atoms with Gasteiger partial charge in [0.25, 0.3) is 0 Å². The molecule has 72 valence electrons. The Hall–Kier alpha value is -1.41. The van der Waals surface area contributed by atoms with E-state index in [-0.39, 0.29) is 0 Å². The highest BCUT2D eigenvalue weighted by atomic mass is 35.5. The molecule has 0 amide bonds. The van der Waals surface area contributed by atoms with Gasteiger partial charge in [0, 0.05) is 17.4 Å². The van der Waals surface area contributed by atoms with Crippen LogP contribution in [0.25, 0.3) is 0 Å². The van der Waals surface area contributed by atoms with Crippen molar-refractivity contribution in [1.29, 1.82) is 0 Å². The lowest BCUT2D eigenvalue weighted by Crippen LogP contribution is -2.11. The molecule has 0 aliphatic rings. The molecule has 1 aromatic heterocycles. The number of hydrogen-bond donors (Lipinski definition) is 1. The van der Waals surface area contributed by atoms with E-state index in [4.69, 9.17) is 11.6 Å². The number of benzene rings is 1. The second-order valence-electron chi connectivity index (χ2n) is 3.02. The highest BCUT2D eigenvalue weighted by Crippen LogP contribution is 2.14. The molecule has 0 aliphatic heterocycles. The Balaban J connectivity index is 2.02. The van der Waals surface area contributed by atoms with Crippen LogP contribution in [0.3, 0.4) is 0 Å². The van der Waals surface area contributed by atoms with Crippen LogP contribution in [0.5, 0.6) is 0 Å². The van der Waals surface area contributed by atoms with Crippen LogP contribution in [0.1, 0.15) is 5.56 Å². The van der Waals surface area contributed by atoms with Gasteiger partial charge < -0.3 is 5.43 Å². The van der Waals surface area contributed by atoms with Crippen molar-refractivity contribution in [1.82, 2.24) is 4.68 Å². The zero-order valence-electron chi connectivity index (χ0n) is 7.65. The Morgan fingerprint density at radius 2 is 1.79 bits per heavy atom. The molecule has 14 heavy (non-hydrogen) atoms. The molecule has 0 atom stereocenters. The maximum atomic E-state index is 6.02. The fourth-order valence-corrected chi connectivity index (χ4v) is 1.46. The third kappa shape index (κ3) is 2.09. The minimum atomic E-state index is 0.731. The third-order valence-corrected chi connectivity index (χ3v) is 2.38. The lowest BCUT2D eigenvalue weighted by atomic mass is 10.2. The predicted octanol–water partition coefficient (Wildman–Crippen LogP) is 2.89. The summed E-state index contributed by atoms with van der Waals surface area (Å²) >= 11 is 6.02. The first-order chi connectivity index (χ1) is 6.86. The Bertz CT molecular complexity index is 395. The van der Waals surface area contributed by atoms with Crippen molar-refractivity contribution in [2.75, 3.05) is 5.43 Å². The smallest absolute Gasteiger partial charge is 0.0578 e. The first kappa shape index (κ1) is 9.16. The molecule has 1 aromatic carbocycles. The summed E-state index contributed by atoms with van der Waals surface area (Å²) in [6.07, 6.45) is 3.91. The van der Waals surface area contributed by atoms with Gasteiger partial charge in [0.1, 0.15) is 0 Å². The molecule has 0 aliphatic carbocycles. The molecular formula is C11H11ClN2. The van der Waals surface area contributed by atoms with Crippen LogP contribution in [0.15, 0.2) is 48.8 Å². The molecule has 0 saturated carbocycles. The summed E-state index contributed by atoms with van der Waals surface area (Å²) in [5.41, 5.74) is 4.31. The van der Waals surface area contributed by atoms with Gasteiger partial charge in [0.2, 0.25) is 0 Å². The number of halogens is 1. The monoisotopic (exact) mass is 206 g/mol. The topological polar surface area (TPSA) is 17.0 Å². The van der Waals surface area contributed by atoms with Crippen molar-refractivity contribution in [3.05, 3.63) is 59.4 Å². The van der Waals surface area contributed by atoms with Gasteiger partial charge in [-0.3, -0.25) is 4.68 Å². The Morgan fingerprint density at radius 3 is 2.50 bits per heavy atom. The van der Waals surface area contributed by atoms with E-state index in [1.807, 2.05) is 53.5 Å². The number of aromatic nitrogens is 1. The SMILES string of the molecule is Clc1ccccc1CNn1cccc1. The minimum absolute atomic E-state index is 0.731. The van der Waals surface area contributed by atoms with Gasteiger partial charge in [-0.1, -0.05) is 29.8 Å². The van der Waals surface area contributed by atoms with Crippen molar-refractivity contribution in [2.24, 2.45) is 0 Å². The summed E-state index contributed by atoms with van der Waals surface area (Å²) in [6.45, 7) is 0.731. The zero-order chi connectivity index (χ0) is 9.80. The standard InChI is InChI=1S/C11H11ClN2/c12-11-6-2-1-5-10(11)9-13-14-7-3-4-8-14/h1-8,13H,9H2. The van der Waals surface area contributed by atoms with E-state index >= 15 is 0 Å². The van der Waals surface area contributed by atoms with Crippen LogP contribution in [-0.2, 0) is 6.54 Å². The van der Waals surface area contributed by atoms with Gasteiger partial charge in [0.05, 0.1) is 6.54 Å². The molecule has 3 heteroatoms. The van der Waals surface area contributed by atoms with Gasteiger partial charge in [-0.2, -0.15) is 0 Å². The Labute approximate surface area is 88.1 Å². The molecule has 0 radical (unpaired) electrons. The molecule has 0 saturated heterocycles. The molecule has 1 heterocycles. The van der Waals surface area contributed by atoms with Crippen LogP contribution >= 0.6 is 11.6 Å². The highest BCUT2D eigenvalue weighted by Gasteiger charge is 1.97. The minimum Gasteiger partial charge on any atom is -0.322 e. The summed E-state index contributed by atoms with van der Waals surface area (Å²) in [7, 11) is 0. The van der Waals surface area contributed by atoms with Crippen molar-refractivity contribution in [3.8, 4) is 0 Å². The lowest BCUT2D eigenvalue weighted by molar-refractivity contribution is 0.847. The van der Waals surface area contributed by atoms with Crippen molar-refractivity contribution in [2.45, 2.75) is 6.54 Å². The van der Waals surface area contributed by atoms with Crippen LogP contribution in [0.4, 0.5) is 0 Å². The fraction of sp³-hybridized carbons (Fsp3) is 0.0909. The average Bonchev–Trinajstić information content (AvgIpc) is 2.69. The molecule has 0 unspecified atom stereocenters. The van der Waals surface area contributed by atoms with E-state index in [0.29, 0.717) is 0 Å². The van der Waals surface area contributed by atoms with Crippen molar-refractivity contribution >= 4 is 11.6 Å². The maximum absolute atomic E-state index is 6.02. The summed E-state index contributed by atoms with van der Waals surface area (Å²) in [5.74, 6) is 0. The summed E-state index contributed by atoms with van der Waals surface area (Å²) in [5, 5.41) is 0.798. The highest BCUT2D eigenvalue weighted by molar-refractivity contribution is 6.31. The average molecular weight is 207 g/mol. The van der Waals surface area contributed by atoms with E-state index in [1.165, 1.54) is 0 Å². The molecule has 2 nitrogen and oxygen atoms in total. The van der Waals surface area contributed by atoms with Crippen LogP contribution < -0.4 is 5.43 Å². The lowest BCUT2D eigenvalue weighted by Gasteiger charge is -2.08. The maximum Gasteiger partial charge on any atom is 0.0578 e. The molecule has 1 N–H and O–H groups in total. The van der Waals surface area contributed by atoms with Crippen LogP contribution in [-0.4, -0.2) is 4.68 Å². The molecular weight excluding hydrogens is 196 g/mol. The van der Waals surface area contributed by atoms with Gasteiger partial charge in [-0.25, -0.2) is 0 Å². The largest absolute Gasteiger partial charge is 0.322 e. The molecule has 0 spiro atoms. The molecule has 0 fully saturated rings. The quantitative estimate of drug-likeness (QED) is 0.817. The Morgan fingerprint density at radius 1 is 1.07 bits per heavy atom. The number of nitrogens with one attached hydrogen (secondary N) is 1. The number of rotatable bonds is 3. The summed E-state index contributed by atoms with van der Waals surface area (Å²) in [4.78, 5) is 0. The fourth-order valence-electron chi connectivity index (χ4n) is 1.26. The van der Waals surface area contributed by atoms with Crippen LogP contribution in [0, 0.1) is 0 Å². The second kappa shape index (κ2) is 4.20. The first-order valence-corrected chi connectivity index (χ1v) is 4.84. The molecule has 0 bridgehead atoms. The molecule has 2 rings (SSSR count). The molecule has 2 aromatic rings. The van der Waals surface area contributed by atoms with Gasteiger partial charge in [0.15, 0.2) is 0 Å². The number of nitrogens with zero attached hydrogens (tertiary/aromatic N) is 1. The normalized spacial score (nSPS) is 10.1. The third-order valence-electron chi connectivity index (χ3n) is 2.01.